The zero-order chi connectivity index (χ0) is 15.0. The maximum atomic E-state index is 12.1. The maximum Gasteiger partial charge on any atom is 0.245 e. The van der Waals surface area contributed by atoms with Crippen LogP contribution in [0.2, 0.25) is 0 Å². The van der Waals surface area contributed by atoms with Crippen molar-refractivity contribution in [1.29, 1.82) is 0 Å². The van der Waals surface area contributed by atoms with Gasteiger partial charge in [-0.1, -0.05) is 0 Å². The van der Waals surface area contributed by atoms with Crippen LogP contribution in [0.5, 0.6) is 0 Å². The number of hydrogen-bond acceptors (Lipinski definition) is 6. The summed E-state index contributed by atoms with van der Waals surface area (Å²) in [5.74, 6) is 0.194. The lowest BCUT2D eigenvalue weighted by Crippen LogP contribution is -2.39. The Morgan fingerprint density at radius 3 is 2.86 bits per heavy atom. The molecule has 112 valence electrons. The second-order valence-electron chi connectivity index (χ2n) is 5.16. The van der Waals surface area contributed by atoms with Gasteiger partial charge < -0.3 is 0 Å². The first-order valence-electron chi connectivity index (χ1n) is 6.73. The third kappa shape index (κ3) is 2.52. The topological polar surface area (TPSA) is 113 Å². The number of anilines is 1. The van der Waals surface area contributed by atoms with Gasteiger partial charge in [-0.15, -0.1) is 0 Å². The van der Waals surface area contributed by atoms with Crippen LogP contribution < -0.4 is 16.2 Å². The van der Waals surface area contributed by atoms with Crippen molar-refractivity contribution in [3.05, 3.63) is 23.3 Å². The van der Waals surface area contributed by atoms with Gasteiger partial charge in [-0.25, -0.2) is 16.0 Å². The van der Waals surface area contributed by atoms with Crippen LogP contribution in [0.4, 0.5) is 5.95 Å². The first-order chi connectivity index (χ1) is 10.1. The predicted molar refractivity (Wildman–Crippen MR) is 75.1 cm³/mol. The number of H-pyrrole nitrogens is 1. The Morgan fingerprint density at radius 1 is 1.43 bits per heavy atom. The van der Waals surface area contributed by atoms with Crippen molar-refractivity contribution in [1.82, 2.24) is 35.8 Å². The molecule has 9 nitrogen and oxygen atoms in total. The predicted octanol–water partition coefficient (Wildman–Crippen LogP) is -0.299. The van der Waals surface area contributed by atoms with E-state index >= 15 is 0 Å². The number of aryl methyl sites for hydroxylation is 2. The zero-order valence-corrected chi connectivity index (χ0v) is 12.1. The number of aromatic nitrogens is 5. The first kappa shape index (κ1) is 13.7. The van der Waals surface area contributed by atoms with Gasteiger partial charge in [-0.05, 0) is 20.3 Å². The van der Waals surface area contributed by atoms with Crippen molar-refractivity contribution in [2.45, 2.75) is 32.4 Å². The number of nitrogens with one attached hydrogen (secondary N) is 4. The van der Waals surface area contributed by atoms with Crippen molar-refractivity contribution < 1.29 is 4.79 Å². The summed E-state index contributed by atoms with van der Waals surface area (Å²) in [5.41, 5.74) is 9.40. The van der Waals surface area contributed by atoms with Crippen molar-refractivity contribution in [2.24, 2.45) is 7.05 Å². The molecule has 1 amide bonds. The lowest BCUT2D eigenvalue weighted by atomic mass is 10.00. The van der Waals surface area contributed by atoms with Crippen molar-refractivity contribution in [2.75, 3.05) is 5.32 Å². The summed E-state index contributed by atoms with van der Waals surface area (Å²) in [7, 11) is 1.92. The lowest BCUT2D eigenvalue weighted by molar-refractivity contribution is -0.117. The van der Waals surface area contributed by atoms with E-state index in [0.29, 0.717) is 12.4 Å². The van der Waals surface area contributed by atoms with Gasteiger partial charge in [-0.3, -0.25) is 14.8 Å². The third-order valence-corrected chi connectivity index (χ3v) is 3.79. The number of nitrogens with zero attached hydrogens (tertiary/aromatic N) is 4. The van der Waals surface area contributed by atoms with Crippen LogP contribution in [-0.2, 0) is 11.8 Å². The molecule has 21 heavy (non-hydrogen) atoms. The van der Waals surface area contributed by atoms with Gasteiger partial charge in [0, 0.05) is 18.3 Å². The quantitative estimate of drug-likeness (QED) is 0.617. The van der Waals surface area contributed by atoms with E-state index in [1.807, 2.05) is 25.6 Å². The second kappa shape index (κ2) is 5.26. The van der Waals surface area contributed by atoms with Gasteiger partial charge in [0.1, 0.15) is 12.4 Å². The van der Waals surface area contributed by atoms with Gasteiger partial charge in [-0.2, -0.15) is 15.2 Å². The van der Waals surface area contributed by atoms with Crippen molar-refractivity contribution in [3.8, 4) is 0 Å². The molecule has 0 bridgehead atoms. The Hall–Kier alpha value is -2.26. The molecule has 9 heteroatoms. The van der Waals surface area contributed by atoms with Crippen LogP contribution in [0.15, 0.2) is 6.33 Å². The number of hydrogen-bond donors (Lipinski definition) is 4. The van der Waals surface area contributed by atoms with E-state index in [1.54, 1.807) is 0 Å². The van der Waals surface area contributed by atoms with Crippen molar-refractivity contribution >= 4 is 11.9 Å². The maximum absolute atomic E-state index is 12.1. The molecule has 2 aromatic rings. The molecule has 0 saturated carbocycles. The average Bonchev–Trinajstić information content (AvgIpc) is 3.13. The Kier molecular flexibility index (Phi) is 3.43. The fraction of sp³-hybridized carbons (Fsp3) is 0.500. The molecule has 1 aliphatic rings. The van der Waals surface area contributed by atoms with Crippen LogP contribution in [0.1, 0.15) is 29.4 Å². The second-order valence-corrected chi connectivity index (χ2v) is 5.16. The summed E-state index contributed by atoms with van der Waals surface area (Å²) in [5, 5.41) is 13.4. The Balaban J connectivity index is 1.69. The molecule has 0 radical (unpaired) electrons. The number of carbonyl (C=O) groups is 1. The van der Waals surface area contributed by atoms with E-state index < -0.39 is 0 Å². The molecule has 4 N–H and O–H groups in total. The van der Waals surface area contributed by atoms with Crippen LogP contribution >= 0.6 is 0 Å². The van der Waals surface area contributed by atoms with Gasteiger partial charge in [0.25, 0.3) is 0 Å². The SMILES string of the molecule is Cc1nn(C)c(C)c1C1CC(C(=O)Nc2ncn[nH]2)NN1. The van der Waals surface area contributed by atoms with Crippen LogP contribution in [0, 0.1) is 13.8 Å². The fourth-order valence-electron chi connectivity index (χ4n) is 2.68. The number of amides is 1. The monoisotopic (exact) mass is 290 g/mol. The smallest absolute Gasteiger partial charge is 0.245 e. The highest BCUT2D eigenvalue weighted by molar-refractivity contribution is 5.93. The normalized spacial score (nSPS) is 21.7. The minimum atomic E-state index is -0.334. The highest BCUT2D eigenvalue weighted by Crippen LogP contribution is 2.27. The molecule has 2 unspecified atom stereocenters. The molecular formula is C12H18N8O. The molecule has 0 aromatic carbocycles. The summed E-state index contributed by atoms with van der Waals surface area (Å²) in [6.45, 7) is 4.00. The van der Waals surface area contributed by atoms with E-state index in [4.69, 9.17) is 0 Å². The van der Waals surface area contributed by atoms with Crippen LogP contribution in [-0.4, -0.2) is 36.9 Å². The Morgan fingerprint density at radius 2 is 2.24 bits per heavy atom. The molecule has 0 aliphatic carbocycles. The molecule has 2 atom stereocenters. The summed E-state index contributed by atoms with van der Waals surface area (Å²) < 4.78 is 1.86. The first-order valence-corrected chi connectivity index (χ1v) is 6.73. The van der Waals surface area contributed by atoms with Gasteiger partial charge in [0.2, 0.25) is 11.9 Å². The lowest BCUT2D eigenvalue weighted by Gasteiger charge is -2.10. The van der Waals surface area contributed by atoms with Gasteiger partial charge >= 0.3 is 0 Å². The third-order valence-electron chi connectivity index (χ3n) is 3.79. The Bertz CT molecular complexity index is 647. The number of aromatic amines is 1. The molecule has 2 aromatic heterocycles. The molecule has 3 rings (SSSR count). The largest absolute Gasteiger partial charge is 0.293 e. The van der Waals surface area contributed by atoms with E-state index in [2.05, 4.69) is 36.4 Å². The van der Waals surface area contributed by atoms with Crippen molar-refractivity contribution in [3.63, 3.8) is 0 Å². The molecule has 3 heterocycles. The molecule has 1 aliphatic heterocycles. The van der Waals surface area contributed by atoms with Crippen LogP contribution in [0.25, 0.3) is 0 Å². The van der Waals surface area contributed by atoms with E-state index in [-0.39, 0.29) is 18.0 Å². The number of hydrazine groups is 1. The highest BCUT2D eigenvalue weighted by Gasteiger charge is 2.33. The summed E-state index contributed by atoms with van der Waals surface area (Å²) >= 11 is 0. The van der Waals surface area contributed by atoms with E-state index in [9.17, 15) is 4.79 Å². The average molecular weight is 290 g/mol. The minimum absolute atomic E-state index is 0.0594. The molecule has 0 spiro atoms. The van der Waals surface area contributed by atoms with E-state index in [1.165, 1.54) is 6.33 Å². The van der Waals surface area contributed by atoms with Gasteiger partial charge in [0.15, 0.2) is 0 Å². The standard InChI is InChI=1S/C12H18N8O/c1-6-10(7(2)20(3)19-6)8-4-9(17-16-8)11(21)15-12-13-5-14-18-12/h5,8-9,16-17H,4H2,1-3H3,(H2,13,14,15,18,21). The molecule has 1 fully saturated rings. The molecular weight excluding hydrogens is 272 g/mol. The fourth-order valence-corrected chi connectivity index (χ4v) is 2.68. The summed E-state index contributed by atoms with van der Waals surface area (Å²) in [6.07, 6.45) is 1.99. The minimum Gasteiger partial charge on any atom is -0.293 e. The van der Waals surface area contributed by atoms with Gasteiger partial charge in [0.05, 0.1) is 11.7 Å². The van der Waals surface area contributed by atoms with Crippen LogP contribution in [0.3, 0.4) is 0 Å². The number of carbonyl (C=O) groups excluding carboxylic acids is 1. The zero-order valence-electron chi connectivity index (χ0n) is 12.1. The highest BCUT2D eigenvalue weighted by atomic mass is 16.2. The number of rotatable bonds is 3. The van der Waals surface area contributed by atoms with E-state index in [0.717, 1.165) is 17.0 Å². The summed E-state index contributed by atoms with van der Waals surface area (Å²) in [6, 6.07) is -0.275. The Labute approximate surface area is 121 Å². The summed E-state index contributed by atoms with van der Waals surface area (Å²) in [4.78, 5) is 16.0. The molecule has 1 saturated heterocycles.